The molecule has 1 nitrogen and oxygen atoms in total. The van der Waals surface area contributed by atoms with Gasteiger partial charge in [0.05, 0.1) is 0 Å². The Kier molecular flexibility index (Phi) is 2.00. The van der Waals surface area contributed by atoms with Crippen molar-refractivity contribution in [3.63, 3.8) is 0 Å². The van der Waals surface area contributed by atoms with Gasteiger partial charge in [0.15, 0.2) is 0 Å². The van der Waals surface area contributed by atoms with Gasteiger partial charge in [0.25, 0.3) is 0 Å². The molecule has 0 amide bonds. The van der Waals surface area contributed by atoms with Crippen LogP contribution in [0.4, 0.5) is 0 Å². The normalized spacial score (nSPS) is 30.2. The zero-order chi connectivity index (χ0) is 11.4. The van der Waals surface area contributed by atoms with Crippen LogP contribution < -0.4 is 5.73 Å². The van der Waals surface area contributed by atoms with Gasteiger partial charge in [-0.05, 0) is 47.8 Å². The molecule has 1 atom stereocenters. The molecule has 0 bridgehead atoms. The summed E-state index contributed by atoms with van der Waals surface area (Å²) < 4.78 is 0. The molecular formula is C15H21N. The zero-order valence-corrected chi connectivity index (χ0v) is 10.3. The van der Waals surface area contributed by atoms with Crippen LogP contribution in [0.15, 0.2) is 18.2 Å². The van der Waals surface area contributed by atoms with Gasteiger partial charge in [-0.25, -0.2) is 0 Å². The molecule has 1 unspecified atom stereocenters. The average molecular weight is 215 g/mol. The first-order valence-corrected chi connectivity index (χ1v) is 6.42. The summed E-state index contributed by atoms with van der Waals surface area (Å²) >= 11 is 0. The molecule has 1 saturated carbocycles. The third-order valence-electron chi connectivity index (χ3n) is 4.92. The van der Waals surface area contributed by atoms with Crippen LogP contribution >= 0.6 is 0 Å². The summed E-state index contributed by atoms with van der Waals surface area (Å²) in [4.78, 5) is 0. The molecule has 0 heterocycles. The van der Waals surface area contributed by atoms with E-state index in [9.17, 15) is 0 Å². The topological polar surface area (TPSA) is 26.0 Å². The van der Waals surface area contributed by atoms with Gasteiger partial charge in [-0.1, -0.05) is 32.0 Å². The summed E-state index contributed by atoms with van der Waals surface area (Å²) in [6, 6.07) is 6.85. The number of nitrogens with two attached hydrogens (primary N) is 1. The van der Waals surface area contributed by atoms with Crippen molar-refractivity contribution in [3.8, 4) is 0 Å². The Labute approximate surface area is 98.0 Å². The predicted molar refractivity (Wildman–Crippen MR) is 67.6 cm³/mol. The van der Waals surface area contributed by atoms with Gasteiger partial charge >= 0.3 is 0 Å². The molecule has 2 aliphatic carbocycles. The van der Waals surface area contributed by atoms with Crippen LogP contribution in [0.1, 0.15) is 43.4 Å². The molecule has 3 rings (SSSR count). The van der Waals surface area contributed by atoms with E-state index < -0.39 is 0 Å². The van der Waals surface area contributed by atoms with Crippen molar-refractivity contribution in [1.29, 1.82) is 0 Å². The second-order valence-electron chi connectivity index (χ2n) is 6.14. The smallest absolute Gasteiger partial charge is 0.0135 e. The van der Waals surface area contributed by atoms with Gasteiger partial charge < -0.3 is 5.73 Å². The molecule has 2 aliphatic rings. The van der Waals surface area contributed by atoms with Crippen LogP contribution in [0.3, 0.4) is 0 Å². The van der Waals surface area contributed by atoms with Gasteiger partial charge in [0.2, 0.25) is 0 Å². The monoisotopic (exact) mass is 215 g/mol. The summed E-state index contributed by atoms with van der Waals surface area (Å²) in [6.07, 6.45) is 5.12. The highest BCUT2D eigenvalue weighted by molar-refractivity contribution is 5.48. The Morgan fingerprint density at radius 1 is 1.25 bits per heavy atom. The highest BCUT2D eigenvalue weighted by atomic mass is 14.7. The number of hydrogen-bond acceptors (Lipinski definition) is 1. The number of rotatable bonds is 2. The van der Waals surface area contributed by atoms with E-state index >= 15 is 0 Å². The SMILES string of the molecule is CC1(C)CC1(CN)c1cccc2c1CCC2. The lowest BCUT2D eigenvalue weighted by atomic mass is 9.84. The van der Waals surface area contributed by atoms with Crippen LogP contribution in [0, 0.1) is 5.41 Å². The van der Waals surface area contributed by atoms with E-state index in [0.717, 1.165) is 6.54 Å². The Morgan fingerprint density at radius 2 is 2.00 bits per heavy atom. The van der Waals surface area contributed by atoms with Crippen LogP contribution in [0.2, 0.25) is 0 Å². The number of benzene rings is 1. The molecule has 0 saturated heterocycles. The molecule has 1 fully saturated rings. The third-order valence-corrected chi connectivity index (χ3v) is 4.92. The summed E-state index contributed by atoms with van der Waals surface area (Å²) in [7, 11) is 0. The van der Waals surface area contributed by atoms with Crippen molar-refractivity contribution in [3.05, 3.63) is 34.9 Å². The fraction of sp³-hybridized carbons (Fsp3) is 0.600. The fourth-order valence-corrected chi connectivity index (χ4v) is 3.70. The lowest BCUT2D eigenvalue weighted by Crippen LogP contribution is -2.26. The summed E-state index contributed by atoms with van der Waals surface area (Å²) in [6.45, 7) is 5.51. The molecule has 86 valence electrons. The molecule has 16 heavy (non-hydrogen) atoms. The Bertz CT molecular complexity index is 433. The quantitative estimate of drug-likeness (QED) is 0.806. The van der Waals surface area contributed by atoms with Crippen LogP contribution in [-0.2, 0) is 18.3 Å². The third kappa shape index (κ3) is 1.15. The first-order valence-electron chi connectivity index (χ1n) is 6.42. The molecule has 0 aliphatic heterocycles. The largest absolute Gasteiger partial charge is 0.330 e. The first kappa shape index (κ1) is 10.3. The maximum atomic E-state index is 6.07. The molecule has 0 radical (unpaired) electrons. The molecule has 2 N–H and O–H groups in total. The van der Waals surface area contributed by atoms with Crippen molar-refractivity contribution in [1.82, 2.24) is 0 Å². The van der Waals surface area contributed by atoms with E-state index in [0.29, 0.717) is 5.41 Å². The summed E-state index contributed by atoms with van der Waals surface area (Å²) in [5.41, 5.74) is 11.5. The average Bonchev–Trinajstić information content (AvgIpc) is 2.65. The maximum Gasteiger partial charge on any atom is 0.0135 e. The van der Waals surface area contributed by atoms with Gasteiger partial charge in [0, 0.05) is 12.0 Å². The molecule has 1 aromatic rings. The van der Waals surface area contributed by atoms with Crippen molar-refractivity contribution in [2.75, 3.05) is 6.54 Å². The van der Waals surface area contributed by atoms with Crippen molar-refractivity contribution < 1.29 is 0 Å². The zero-order valence-electron chi connectivity index (χ0n) is 10.3. The van der Waals surface area contributed by atoms with Gasteiger partial charge in [-0.2, -0.15) is 0 Å². The van der Waals surface area contributed by atoms with Crippen LogP contribution in [-0.4, -0.2) is 6.54 Å². The summed E-state index contributed by atoms with van der Waals surface area (Å²) in [5, 5.41) is 0. The molecule has 1 aromatic carbocycles. The van der Waals surface area contributed by atoms with E-state index in [4.69, 9.17) is 5.73 Å². The number of hydrogen-bond donors (Lipinski definition) is 1. The van der Waals surface area contributed by atoms with E-state index in [-0.39, 0.29) is 5.41 Å². The van der Waals surface area contributed by atoms with E-state index in [1.54, 1.807) is 16.7 Å². The Morgan fingerprint density at radius 3 is 2.62 bits per heavy atom. The molecule has 0 spiro atoms. The van der Waals surface area contributed by atoms with E-state index in [1.165, 1.54) is 25.7 Å². The summed E-state index contributed by atoms with van der Waals surface area (Å²) in [5.74, 6) is 0. The van der Waals surface area contributed by atoms with Crippen LogP contribution in [0.5, 0.6) is 0 Å². The lowest BCUT2D eigenvalue weighted by molar-refractivity contribution is 0.500. The minimum absolute atomic E-state index is 0.280. The second kappa shape index (κ2) is 3.10. The minimum Gasteiger partial charge on any atom is -0.330 e. The molecule has 0 aromatic heterocycles. The maximum absolute atomic E-state index is 6.07. The fourth-order valence-electron chi connectivity index (χ4n) is 3.70. The highest BCUT2D eigenvalue weighted by Crippen LogP contribution is 2.64. The van der Waals surface area contributed by atoms with Gasteiger partial charge in [0.1, 0.15) is 0 Å². The first-order chi connectivity index (χ1) is 7.61. The van der Waals surface area contributed by atoms with Gasteiger partial charge in [-0.15, -0.1) is 0 Å². The second-order valence-corrected chi connectivity index (χ2v) is 6.14. The van der Waals surface area contributed by atoms with Crippen LogP contribution in [0.25, 0.3) is 0 Å². The Balaban J connectivity index is 2.11. The minimum atomic E-state index is 0.280. The Hall–Kier alpha value is -0.820. The number of fused-ring (bicyclic) bond motifs is 1. The molecule has 1 heteroatoms. The molecular weight excluding hydrogens is 194 g/mol. The van der Waals surface area contributed by atoms with E-state index in [1.807, 2.05) is 0 Å². The lowest BCUT2D eigenvalue weighted by Gasteiger charge is -2.22. The predicted octanol–water partition coefficient (Wildman–Crippen LogP) is 2.80. The highest BCUT2D eigenvalue weighted by Gasteiger charge is 2.61. The standard InChI is InChI=1S/C15H21N/c1-14(2)9-15(14,10-16)13-8-4-6-11-5-3-7-12(11)13/h4,6,8H,3,5,7,9-10,16H2,1-2H3. The van der Waals surface area contributed by atoms with E-state index in [2.05, 4.69) is 32.0 Å². The van der Waals surface area contributed by atoms with Crippen molar-refractivity contribution >= 4 is 0 Å². The number of aryl methyl sites for hydroxylation is 1. The van der Waals surface area contributed by atoms with Crippen molar-refractivity contribution in [2.24, 2.45) is 11.1 Å². The van der Waals surface area contributed by atoms with Crippen molar-refractivity contribution in [2.45, 2.75) is 44.9 Å². The van der Waals surface area contributed by atoms with Gasteiger partial charge in [-0.3, -0.25) is 0 Å².